The molecule has 1 fully saturated rings. The predicted octanol–water partition coefficient (Wildman–Crippen LogP) is 2.59. The highest BCUT2D eigenvalue weighted by Gasteiger charge is 2.29. The standard InChI is InChI=1S/C13H28N2/c1-13(2,3)15(6)12-9-7-11(8-10-12)14(4)5/h11-12H,7-10H2,1-6H3. The number of hydrogen-bond donors (Lipinski definition) is 0. The highest BCUT2D eigenvalue weighted by molar-refractivity contribution is 4.86. The molecule has 2 heteroatoms. The van der Waals surface area contributed by atoms with Gasteiger partial charge in [-0.1, -0.05) is 0 Å². The summed E-state index contributed by atoms with van der Waals surface area (Å²) in [5, 5.41) is 0. The normalized spacial score (nSPS) is 28.8. The maximum atomic E-state index is 2.55. The van der Waals surface area contributed by atoms with E-state index in [1.807, 2.05) is 0 Å². The van der Waals surface area contributed by atoms with E-state index < -0.39 is 0 Å². The van der Waals surface area contributed by atoms with Crippen LogP contribution >= 0.6 is 0 Å². The Balaban J connectivity index is 2.44. The largest absolute Gasteiger partial charge is 0.306 e. The fraction of sp³-hybridized carbons (Fsp3) is 1.00. The second kappa shape index (κ2) is 4.84. The van der Waals surface area contributed by atoms with Crippen LogP contribution in [0.25, 0.3) is 0 Å². The molecule has 1 aliphatic carbocycles. The lowest BCUT2D eigenvalue weighted by Gasteiger charge is -2.43. The topological polar surface area (TPSA) is 6.48 Å². The van der Waals surface area contributed by atoms with Crippen molar-refractivity contribution in [3.8, 4) is 0 Å². The van der Waals surface area contributed by atoms with Crippen molar-refractivity contribution in [1.29, 1.82) is 0 Å². The lowest BCUT2D eigenvalue weighted by molar-refractivity contribution is 0.0710. The summed E-state index contributed by atoms with van der Waals surface area (Å²) in [5.41, 5.74) is 0.315. The molecule has 0 spiro atoms. The molecule has 0 radical (unpaired) electrons. The predicted molar refractivity (Wildman–Crippen MR) is 67.2 cm³/mol. The molecule has 1 saturated carbocycles. The van der Waals surface area contributed by atoms with Crippen LogP contribution in [0, 0.1) is 0 Å². The van der Waals surface area contributed by atoms with Crippen LogP contribution < -0.4 is 0 Å². The van der Waals surface area contributed by atoms with Crippen molar-refractivity contribution in [1.82, 2.24) is 9.80 Å². The molecule has 15 heavy (non-hydrogen) atoms. The maximum absolute atomic E-state index is 2.55. The third-order valence-corrected chi connectivity index (χ3v) is 4.00. The summed E-state index contributed by atoms with van der Waals surface area (Å²) >= 11 is 0. The van der Waals surface area contributed by atoms with Crippen LogP contribution in [0.4, 0.5) is 0 Å². The Kier molecular flexibility index (Phi) is 4.19. The molecule has 0 aromatic rings. The molecule has 0 aromatic carbocycles. The molecular formula is C13H28N2. The van der Waals surface area contributed by atoms with Crippen LogP contribution in [0.5, 0.6) is 0 Å². The van der Waals surface area contributed by atoms with Gasteiger partial charge in [0.1, 0.15) is 0 Å². The minimum Gasteiger partial charge on any atom is -0.306 e. The maximum Gasteiger partial charge on any atom is 0.0124 e. The smallest absolute Gasteiger partial charge is 0.0124 e. The average Bonchev–Trinajstić information content (AvgIpc) is 2.15. The van der Waals surface area contributed by atoms with Gasteiger partial charge in [-0.3, -0.25) is 4.90 Å². The van der Waals surface area contributed by atoms with E-state index in [1.165, 1.54) is 25.7 Å². The first kappa shape index (κ1) is 13.0. The first-order valence-electron chi connectivity index (χ1n) is 6.21. The summed E-state index contributed by atoms with van der Waals surface area (Å²) < 4.78 is 0. The van der Waals surface area contributed by atoms with E-state index in [-0.39, 0.29) is 0 Å². The molecule has 0 unspecified atom stereocenters. The SMILES string of the molecule is CN(C)C1CCC(N(C)C(C)(C)C)CC1. The molecule has 0 heterocycles. The zero-order valence-corrected chi connectivity index (χ0v) is 11.4. The quantitative estimate of drug-likeness (QED) is 0.694. The van der Waals surface area contributed by atoms with Crippen LogP contribution in [0.1, 0.15) is 46.5 Å². The molecule has 1 aliphatic rings. The third kappa shape index (κ3) is 3.46. The summed E-state index contributed by atoms with van der Waals surface area (Å²) in [7, 11) is 6.69. The molecular weight excluding hydrogens is 184 g/mol. The first-order chi connectivity index (χ1) is 6.82. The van der Waals surface area contributed by atoms with Gasteiger partial charge in [0.15, 0.2) is 0 Å². The molecule has 0 atom stereocenters. The number of nitrogens with zero attached hydrogens (tertiary/aromatic N) is 2. The first-order valence-corrected chi connectivity index (χ1v) is 6.21. The summed E-state index contributed by atoms with van der Waals surface area (Å²) in [5.74, 6) is 0. The van der Waals surface area contributed by atoms with E-state index in [4.69, 9.17) is 0 Å². The molecule has 2 nitrogen and oxygen atoms in total. The minimum atomic E-state index is 0.315. The van der Waals surface area contributed by atoms with E-state index in [9.17, 15) is 0 Å². The Morgan fingerprint density at radius 1 is 0.800 bits per heavy atom. The van der Waals surface area contributed by atoms with Crippen LogP contribution in [0.3, 0.4) is 0 Å². The van der Waals surface area contributed by atoms with Crippen LogP contribution in [0.15, 0.2) is 0 Å². The molecule has 1 rings (SSSR count). The molecule has 0 N–H and O–H groups in total. The van der Waals surface area contributed by atoms with Gasteiger partial charge in [-0.05, 0) is 67.6 Å². The lowest BCUT2D eigenvalue weighted by Crippen LogP contribution is -2.48. The van der Waals surface area contributed by atoms with Gasteiger partial charge >= 0.3 is 0 Å². The van der Waals surface area contributed by atoms with E-state index in [0.29, 0.717) is 5.54 Å². The highest BCUT2D eigenvalue weighted by Crippen LogP contribution is 2.28. The van der Waals surface area contributed by atoms with Crippen LogP contribution in [-0.2, 0) is 0 Å². The zero-order valence-electron chi connectivity index (χ0n) is 11.4. The summed E-state index contributed by atoms with van der Waals surface area (Å²) in [6.45, 7) is 6.93. The Bertz CT molecular complexity index is 185. The molecule has 0 saturated heterocycles. The minimum absolute atomic E-state index is 0.315. The monoisotopic (exact) mass is 212 g/mol. The molecule has 0 aliphatic heterocycles. The van der Waals surface area contributed by atoms with Gasteiger partial charge in [0, 0.05) is 17.6 Å². The van der Waals surface area contributed by atoms with Crippen molar-refractivity contribution >= 4 is 0 Å². The second-order valence-corrected chi connectivity index (χ2v) is 6.21. The molecule has 0 amide bonds. The van der Waals surface area contributed by atoms with E-state index >= 15 is 0 Å². The molecule has 90 valence electrons. The lowest BCUT2D eigenvalue weighted by atomic mass is 9.88. The van der Waals surface area contributed by atoms with Gasteiger partial charge in [-0.25, -0.2) is 0 Å². The van der Waals surface area contributed by atoms with Gasteiger partial charge in [0.25, 0.3) is 0 Å². The van der Waals surface area contributed by atoms with Crippen LogP contribution in [-0.4, -0.2) is 48.6 Å². The van der Waals surface area contributed by atoms with Gasteiger partial charge in [0.2, 0.25) is 0 Å². The number of hydrogen-bond acceptors (Lipinski definition) is 2. The van der Waals surface area contributed by atoms with E-state index in [1.54, 1.807) is 0 Å². The Morgan fingerprint density at radius 2 is 1.20 bits per heavy atom. The summed E-state index contributed by atoms with van der Waals surface area (Å²) in [6, 6.07) is 1.61. The fourth-order valence-electron chi connectivity index (χ4n) is 2.51. The number of rotatable bonds is 2. The fourth-order valence-corrected chi connectivity index (χ4v) is 2.51. The van der Waals surface area contributed by atoms with Gasteiger partial charge in [-0.2, -0.15) is 0 Å². The Hall–Kier alpha value is -0.0800. The van der Waals surface area contributed by atoms with Crippen LogP contribution in [0.2, 0.25) is 0 Å². The van der Waals surface area contributed by atoms with Gasteiger partial charge in [-0.15, -0.1) is 0 Å². The third-order valence-electron chi connectivity index (χ3n) is 4.00. The van der Waals surface area contributed by atoms with Crippen molar-refractivity contribution in [2.75, 3.05) is 21.1 Å². The summed E-state index contributed by atoms with van der Waals surface area (Å²) in [6.07, 6.45) is 5.43. The highest BCUT2D eigenvalue weighted by atomic mass is 15.2. The van der Waals surface area contributed by atoms with Gasteiger partial charge < -0.3 is 4.90 Å². The van der Waals surface area contributed by atoms with Crippen molar-refractivity contribution in [2.45, 2.75) is 64.1 Å². The zero-order chi connectivity index (χ0) is 11.6. The second-order valence-electron chi connectivity index (χ2n) is 6.21. The molecule has 0 aromatic heterocycles. The average molecular weight is 212 g/mol. The van der Waals surface area contributed by atoms with Crippen molar-refractivity contribution in [3.05, 3.63) is 0 Å². The summed E-state index contributed by atoms with van der Waals surface area (Å²) in [4.78, 5) is 4.94. The van der Waals surface area contributed by atoms with E-state index in [0.717, 1.165) is 12.1 Å². The Morgan fingerprint density at radius 3 is 1.53 bits per heavy atom. The molecule has 0 bridgehead atoms. The van der Waals surface area contributed by atoms with Crippen molar-refractivity contribution in [2.24, 2.45) is 0 Å². The van der Waals surface area contributed by atoms with Gasteiger partial charge in [0.05, 0.1) is 0 Å². The van der Waals surface area contributed by atoms with Crippen molar-refractivity contribution in [3.63, 3.8) is 0 Å². The Labute approximate surface area is 95.6 Å². The van der Waals surface area contributed by atoms with Crippen molar-refractivity contribution < 1.29 is 0 Å². The van der Waals surface area contributed by atoms with E-state index in [2.05, 4.69) is 51.7 Å².